The number of ether oxygens (including phenoxy) is 4. The topological polar surface area (TPSA) is 118 Å². The van der Waals surface area contributed by atoms with E-state index in [0.29, 0.717) is 12.8 Å². The summed E-state index contributed by atoms with van der Waals surface area (Å²) in [6.45, 7) is 0.0392. The van der Waals surface area contributed by atoms with Crippen LogP contribution in [-0.4, -0.2) is 98.7 Å². The fourth-order valence-electron chi connectivity index (χ4n) is 6.70. The highest BCUT2D eigenvalue weighted by Crippen LogP contribution is 2.38. The third-order valence-corrected chi connectivity index (χ3v) is 8.93. The van der Waals surface area contributed by atoms with Crippen LogP contribution in [0.25, 0.3) is 0 Å². The first-order chi connectivity index (χ1) is 17.4. The molecule has 3 saturated carbocycles. The van der Waals surface area contributed by atoms with E-state index >= 15 is 0 Å². The number of methoxy groups -OCH3 is 4. The predicted molar refractivity (Wildman–Crippen MR) is 136 cm³/mol. The minimum Gasteiger partial charge on any atom is -0.396 e. The maximum Gasteiger partial charge on any atom is 0.109 e. The first kappa shape index (κ1) is 29.7. The third-order valence-electron chi connectivity index (χ3n) is 8.93. The molecule has 8 nitrogen and oxygen atoms in total. The molecule has 3 aliphatic rings. The Balaban J connectivity index is 1.63. The number of aliphatic hydroxyl groups excluding tert-OH is 4. The molecular weight excluding hydrogens is 464 g/mol. The molecule has 0 heterocycles. The maximum absolute atomic E-state index is 10.7. The van der Waals surface area contributed by atoms with Crippen molar-refractivity contribution < 1.29 is 39.4 Å². The minimum absolute atomic E-state index is 0.00261. The molecule has 10 unspecified atom stereocenters. The van der Waals surface area contributed by atoms with Gasteiger partial charge >= 0.3 is 0 Å². The van der Waals surface area contributed by atoms with Crippen LogP contribution in [0.5, 0.6) is 0 Å². The molecule has 0 bridgehead atoms. The van der Waals surface area contributed by atoms with Gasteiger partial charge in [-0.05, 0) is 49.9 Å². The Kier molecular flexibility index (Phi) is 11.8. The summed E-state index contributed by atoms with van der Waals surface area (Å²) in [7, 11) is 6.75. The third kappa shape index (κ3) is 7.17. The summed E-state index contributed by atoms with van der Waals surface area (Å²) in [4.78, 5) is 0. The van der Waals surface area contributed by atoms with E-state index in [4.69, 9.17) is 18.9 Å². The molecule has 36 heavy (non-hydrogen) atoms. The van der Waals surface area contributed by atoms with Gasteiger partial charge in [-0.15, -0.1) is 0 Å². The molecule has 0 saturated heterocycles. The van der Waals surface area contributed by atoms with Gasteiger partial charge in [0.25, 0.3) is 0 Å². The molecule has 3 aliphatic carbocycles. The Morgan fingerprint density at radius 1 is 0.583 bits per heavy atom. The maximum atomic E-state index is 10.7. The van der Waals surface area contributed by atoms with E-state index in [2.05, 4.69) is 24.3 Å². The average Bonchev–Trinajstić information content (AvgIpc) is 2.90. The van der Waals surface area contributed by atoms with Crippen molar-refractivity contribution in [1.29, 1.82) is 0 Å². The van der Waals surface area contributed by atoms with Gasteiger partial charge in [0.2, 0.25) is 0 Å². The fourth-order valence-corrected chi connectivity index (χ4v) is 6.70. The summed E-state index contributed by atoms with van der Waals surface area (Å²) in [5.41, 5.74) is 0. The van der Waals surface area contributed by atoms with Crippen LogP contribution < -0.4 is 0 Å². The second-order valence-corrected chi connectivity index (χ2v) is 11.0. The molecule has 10 atom stereocenters. The summed E-state index contributed by atoms with van der Waals surface area (Å²) in [5, 5.41) is 40.9. The second kappa shape index (κ2) is 14.4. The van der Waals surface area contributed by atoms with Crippen molar-refractivity contribution in [2.45, 2.75) is 75.1 Å². The van der Waals surface area contributed by atoms with Crippen LogP contribution in [-0.2, 0) is 18.9 Å². The monoisotopic (exact) mass is 512 g/mol. The van der Waals surface area contributed by atoms with Gasteiger partial charge in [-0.1, -0.05) is 24.3 Å². The summed E-state index contributed by atoms with van der Waals surface area (Å²) >= 11 is 0. The van der Waals surface area contributed by atoms with E-state index in [1.807, 2.05) is 0 Å². The highest BCUT2D eigenvalue weighted by atomic mass is 16.6. The van der Waals surface area contributed by atoms with Crippen molar-refractivity contribution in [2.75, 3.05) is 41.7 Å². The molecule has 3 fully saturated rings. The van der Waals surface area contributed by atoms with Gasteiger partial charge in [0, 0.05) is 65.8 Å². The molecule has 8 heteroatoms. The van der Waals surface area contributed by atoms with Crippen molar-refractivity contribution in [3.05, 3.63) is 24.3 Å². The molecule has 0 aromatic heterocycles. The molecule has 0 amide bonds. The SMILES string of the molecule is COC1CC(/C=C/C2CC(/C=C/C3CC(OC)C(OC)C(OC)C3)C(O)CC2O)CC(CO)C1CO. The number of allylic oxidation sites excluding steroid dienone is 2. The summed E-state index contributed by atoms with van der Waals surface area (Å²) in [5.74, 6) is 0.349. The lowest BCUT2D eigenvalue weighted by Gasteiger charge is -2.39. The molecule has 0 aromatic carbocycles. The first-order valence-electron chi connectivity index (χ1n) is 13.4. The Morgan fingerprint density at radius 3 is 1.53 bits per heavy atom. The second-order valence-electron chi connectivity index (χ2n) is 11.0. The van der Waals surface area contributed by atoms with Gasteiger partial charge in [-0.2, -0.15) is 0 Å². The summed E-state index contributed by atoms with van der Waals surface area (Å²) in [6, 6.07) is 0. The van der Waals surface area contributed by atoms with E-state index in [9.17, 15) is 20.4 Å². The zero-order chi connectivity index (χ0) is 26.2. The Morgan fingerprint density at radius 2 is 1.08 bits per heavy atom. The molecular formula is C28H48O8. The summed E-state index contributed by atoms with van der Waals surface area (Å²) < 4.78 is 22.6. The van der Waals surface area contributed by atoms with Gasteiger partial charge in [0.05, 0.1) is 30.5 Å². The van der Waals surface area contributed by atoms with Gasteiger partial charge in [-0.25, -0.2) is 0 Å². The lowest BCUT2D eigenvalue weighted by molar-refractivity contribution is -0.136. The van der Waals surface area contributed by atoms with Gasteiger partial charge in [0.1, 0.15) is 6.10 Å². The fraction of sp³-hybridized carbons (Fsp3) is 0.857. The zero-order valence-electron chi connectivity index (χ0n) is 22.3. The normalized spacial score (nSPS) is 44.4. The van der Waals surface area contributed by atoms with Gasteiger partial charge < -0.3 is 39.4 Å². The lowest BCUT2D eigenvalue weighted by Crippen LogP contribution is -2.47. The van der Waals surface area contributed by atoms with Gasteiger partial charge in [-0.3, -0.25) is 0 Å². The highest BCUT2D eigenvalue weighted by molar-refractivity contribution is 5.07. The smallest absolute Gasteiger partial charge is 0.109 e. The van der Waals surface area contributed by atoms with Crippen LogP contribution in [0.15, 0.2) is 24.3 Å². The van der Waals surface area contributed by atoms with E-state index in [-0.39, 0.29) is 73.1 Å². The van der Waals surface area contributed by atoms with Crippen LogP contribution in [0, 0.1) is 35.5 Å². The molecule has 0 spiro atoms. The number of hydrogen-bond donors (Lipinski definition) is 4. The lowest BCUT2D eigenvalue weighted by atomic mass is 9.71. The minimum atomic E-state index is -0.588. The van der Waals surface area contributed by atoms with Crippen LogP contribution in [0.4, 0.5) is 0 Å². The number of aliphatic hydroxyl groups is 4. The molecule has 208 valence electrons. The molecule has 0 radical (unpaired) electrons. The largest absolute Gasteiger partial charge is 0.396 e. The van der Waals surface area contributed by atoms with E-state index in [0.717, 1.165) is 25.7 Å². The van der Waals surface area contributed by atoms with E-state index in [1.165, 1.54) is 0 Å². The Bertz CT molecular complexity index is 615. The van der Waals surface area contributed by atoms with E-state index in [1.54, 1.807) is 28.4 Å². The quantitative estimate of drug-likeness (QED) is 0.328. The number of hydrogen-bond acceptors (Lipinski definition) is 8. The van der Waals surface area contributed by atoms with Crippen LogP contribution >= 0.6 is 0 Å². The highest BCUT2D eigenvalue weighted by Gasteiger charge is 2.39. The Hall–Kier alpha value is -0.840. The molecule has 0 aromatic rings. The van der Waals surface area contributed by atoms with Crippen molar-refractivity contribution in [3.8, 4) is 0 Å². The van der Waals surface area contributed by atoms with Crippen molar-refractivity contribution in [3.63, 3.8) is 0 Å². The van der Waals surface area contributed by atoms with Crippen LogP contribution in [0.3, 0.4) is 0 Å². The Labute approximate surface area is 216 Å². The van der Waals surface area contributed by atoms with Crippen LogP contribution in [0.1, 0.15) is 38.5 Å². The molecule has 4 N–H and O–H groups in total. The number of rotatable bonds is 10. The van der Waals surface area contributed by atoms with Gasteiger partial charge in [0.15, 0.2) is 0 Å². The van der Waals surface area contributed by atoms with Crippen molar-refractivity contribution in [1.82, 2.24) is 0 Å². The average molecular weight is 513 g/mol. The molecule has 3 rings (SSSR count). The molecule has 0 aliphatic heterocycles. The van der Waals surface area contributed by atoms with Crippen LogP contribution in [0.2, 0.25) is 0 Å². The first-order valence-corrected chi connectivity index (χ1v) is 13.4. The zero-order valence-corrected chi connectivity index (χ0v) is 22.3. The predicted octanol–water partition coefficient (Wildman–Crippen LogP) is 1.94. The standard InChI is InChI=1S/C28H48O8/c1-33-25-10-17(9-21(15-29)22(25)16-30)5-7-19-13-20(24(32)14-23(19)31)8-6-18-11-26(34-2)28(36-4)27(12-18)35-3/h5-8,17-32H,9-16H2,1-4H3/b7-5+,8-6+. The van der Waals surface area contributed by atoms with Crippen molar-refractivity contribution >= 4 is 0 Å². The summed E-state index contributed by atoms with van der Waals surface area (Å²) in [6.07, 6.45) is 11.4. The van der Waals surface area contributed by atoms with Crippen molar-refractivity contribution in [2.24, 2.45) is 35.5 Å². The van der Waals surface area contributed by atoms with E-state index < -0.39 is 12.2 Å².